The summed E-state index contributed by atoms with van der Waals surface area (Å²) in [7, 11) is 0. The minimum atomic E-state index is 0.251. The van der Waals surface area contributed by atoms with Crippen LogP contribution >= 0.6 is 11.3 Å². The van der Waals surface area contributed by atoms with E-state index in [1.807, 2.05) is 34.7 Å². The van der Waals surface area contributed by atoms with Crippen LogP contribution in [-0.4, -0.2) is 14.8 Å². The lowest BCUT2D eigenvalue weighted by Gasteiger charge is -2.17. The normalized spacial score (nSPS) is 12.2. The third kappa shape index (κ3) is 2.88. The van der Waals surface area contributed by atoms with Crippen LogP contribution in [0.25, 0.3) is 0 Å². The number of hydrogen-bond donors (Lipinski definition) is 1. The minimum absolute atomic E-state index is 0.251. The zero-order valence-electron chi connectivity index (χ0n) is 11.2. The van der Waals surface area contributed by atoms with E-state index in [1.165, 1.54) is 10.4 Å². The molecule has 0 saturated heterocycles. The first kappa shape index (κ1) is 12.9. The fourth-order valence-electron chi connectivity index (χ4n) is 2.11. The van der Waals surface area contributed by atoms with Crippen molar-refractivity contribution in [1.29, 1.82) is 0 Å². The first-order valence-corrected chi connectivity index (χ1v) is 7.41. The van der Waals surface area contributed by atoms with Crippen molar-refractivity contribution in [1.82, 2.24) is 14.8 Å². The Morgan fingerprint density at radius 2 is 2.20 bits per heavy atom. The van der Waals surface area contributed by atoms with Crippen LogP contribution in [0.5, 0.6) is 0 Å². The van der Waals surface area contributed by atoms with Gasteiger partial charge in [-0.25, -0.2) is 0 Å². The van der Waals surface area contributed by atoms with E-state index in [1.54, 1.807) is 17.5 Å². The minimum Gasteiger partial charge on any atom is -0.377 e. The summed E-state index contributed by atoms with van der Waals surface area (Å²) in [5, 5.41) is 7.82. The van der Waals surface area contributed by atoms with E-state index < -0.39 is 0 Å². The summed E-state index contributed by atoms with van der Waals surface area (Å²) in [6.45, 7) is 2.92. The van der Waals surface area contributed by atoms with Gasteiger partial charge in [0.2, 0.25) is 0 Å². The maximum atomic E-state index is 4.26. The molecule has 0 spiro atoms. The van der Waals surface area contributed by atoms with Gasteiger partial charge in [-0.3, -0.25) is 9.67 Å². The average Bonchev–Trinajstić information content (AvgIpc) is 3.13. The molecule has 0 radical (unpaired) electrons. The third-order valence-electron chi connectivity index (χ3n) is 3.16. The van der Waals surface area contributed by atoms with Gasteiger partial charge in [-0.2, -0.15) is 5.10 Å². The third-order valence-corrected chi connectivity index (χ3v) is 4.12. The van der Waals surface area contributed by atoms with Crippen LogP contribution in [0.15, 0.2) is 54.4 Å². The summed E-state index contributed by atoms with van der Waals surface area (Å²) in [4.78, 5) is 5.37. The van der Waals surface area contributed by atoms with Gasteiger partial charge in [0.15, 0.2) is 0 Å². The Kier molecular flexibility index (Phi) is 3.78. The zero-order valence-corrected chi connectivity index (χ0v) is 12.0. The molecule has 0 aliphatic rings. The molecular weight excluding hydrogens is 268 g/mol. The van der Waals surface area contributed by atoms with Crippen LogP contribution in [0.2, 0.25) is 0 Å². The summed E-state index contributed by atoms with van der Waals surface area (Å²) in [6, 6.07) is 10.5. The summed E-state index contributed by atoms with van der Waals surface area (Å²) in [6.07, 6.45) is 5.69. The fourth-order valence-corrected chi connectivity index (χ4v) is 2.74. The highest BCUT2D eigenvalue weighted by molar-refractivity contribution is 7.09. The average molecular weight is 284 g/mol. The Balaban J connectivity index is 1.79. The highest BCUT2D eigenvalue weighted by Gasteiger charge is 2.09. The number of hydrogen-bond acceptors (Lipinski definition) is 4. The predicted molar refractivity (Wildman–Crippen MR) is 81.9 cm³/mol. The monoisotopic (exact) mass is 284 g/mol. The first-order valence-electron chi connectivity index (χ1n) is 6.53. The number of benzene rings is 1. The molecular formula is C15H16N4S. The fraction of sp³-hybridized carbons (Fsp3) is 0.200. The maximum Gasteiger partial charge on any atom is 0.0795 e. The van der Waals surface area contributed by atoms with Gasteiger partial charge >= 0.3 is 0 Å². The van der Waals surface area contributed by atoms with E-state index in [0.29, 0.717) is 0 Å². The molecule has 5 heteroatoms. The lowest BCUT2D eigenvalue weighted by molar-refractivity contribution is 0.686. The number of anilines is 1. The van der Waals surface area contributed by atoms with Gasteiger partial charge in [0.1, 0.15) is 0 Å². The molecule has 1 N–H and O–H groups in total. The summed E-state index contributed by atoms with van der Waals surface area (Å²) >= 11 is 1.67. The second kappa shape index (κ2) is 5.88. The number of aromatic nitrogens is 3. The molecule has 3 rings (SSSR count). The van der Waals surface area contributed by atoms with E-state index >= 15 is 0 Å². The van der Waals surface area contributed by atoms with Crippen LogP contribution in [0, 0.1) is 0 Å². The molecule has 3 aromatic rings. The Morgan fingerprint density at radius 3 is 2.95 bits per heavy atom. The second-order valence-electron chi connectivity index (χ2n) is 4.63. The quantitative estimate of drug-likeness (QED) is 0.779. The van der Waals surface area contributed by atoms with Crippen LogP contribution in [-0.2, 0) is 6.54 Å². The number of nitrogens with one attached hydrogen (secondary N) is 1. The van der Waals surface area contributed by atoms with Gasteiger partial charge in [0.05, 0.1) is 18.1 Å². The molecule has 1 unspecified atom stereocenters. The Labute approximate surface area is 122 Å². The Bertz CT molecular complexity index is 646. The van der Waals surface area contributed by atoms with Crippen molar-refractivity contribution in [3.63, 3.8) is 0 Å². The highest BCUT2D eigenvalue weighted by Crippen LogP contribution is 2.24. The molecule has 2 aromatic heterocycles. The van der Waals surface area contributed by atoms with Gasteiger partial charge in [0.25, 0.3) is 0 Å². The number of thiazole rings is 1. The molecule has 0 saturated carbocycles. The van der Waals surface area contributed by atoms with Crippen molar-refractivity contribution in [3.05, 3.63) is 64.9 Å². The number of rotatable bonds is 5. The van der Waals surface area contributed by atoms with Crippen LogP contribution in [0.4, 0.5) is 5.69 Å². The molecule has 0 fully saturated rings. The summed E-state index contributed by atoms with van der Waals surface area (Å²) < 4.78 is 1.93. The molecule has 0 bridgehead atoms. The van der Waals surface area contributed by atoms with Gasteiger partial charge < -0.3 is 5.32 Å². The molecule has 0 aliphatic carbocycles. The molecule has 0 amide bonds. The van der Waals surface area contributed by atoms with Gasteiger partial charge in [-0.1, -0.05) is 18.2 Å². The molecule has 1 atom stereocenters. The van der Waals surface area contributed by atoms with Crippen LogP contribution in [0.3, 0.4) is 0 Å². The molecule has 4 nitrogen and oxygen atoms in total. The SMILES string of the molecule is CC(Nc1ccccc1Cn1cccn1)c1cncs1. The molecule has 1 aromatic carbocycles. The van der Waals surface area contributed by atoms with Crippen molar-refractivity contribution < 1.29 is 0 Å². The van der Waals surface area contributed by atoms with Gasteiger partial charge in [0, 0.05) is 29.2 Å². The second-order valence-corrected chi connectivity index (χ2v) is 5.55. The van der Waals surface area contributed by atoms with E-state index in [2.05, 4.69) is 40.5 Å². The maximum absolute atomic E-state index is 4.26. The summed E-state index contributed by atoms with van der Waals surface area (Å²) in [5.74, 6) is 0. The molecule has 102 valence electrons. The van der Waals surface area contributed by atoms with Crippen molar-refractivity contribution in [2.75, 3.05) is 5.32 Å². The molecule has 20 heavy (non-hydrogen) atoms. The number of nitrogens with zero attached hydrogens (tertiary/aromatic N) is 3. The topological polar surface area (TPSA) is 42.7 Å². The van der Waals surface area contributed by atoms with E-state index in [4.69, 9.17) is 0 Å². The highest BCUT2D eigenvalue weighted by atomic mass is 32.1. The lowest BCUT2D eigenvalue weighted by Crippen LogP contribution is -2.09. The standard InChI is InChI=1S/C15H16N4S/c1-12(15-9-16-11-20-15)18-14-6-3-2-5-13(14)10-19-8-4-7-17-19/h2-9,11-12,18H,10H2,1H3. The predicted octanol–water partition coefficient (Wildman–Crippen LogP) is 3.56. The van der Waals surface area contributed by atoms with Crippen molar-refractivity contribution in [3.8, 4) is 0 Å². The van der Waals surface area contributed by atoms with Crippen molar-refractivity contribution >= 4 is 17.0 Å². The largest absolute Gasteiger partial charge is 0.377 e. The lowest BCUT2D eigenvalue weighted by atomic mass is 10.1. The zero-order chi connectivity index (χ0) is 13.8. The van der Waals surface area contributed by atoms with Gasteiger partial charge in [-0.15, -0.1) is 11.3 Å². The van der Waals surface area contributed by atoms with Gasteiger partial charge in [-0.05, 0) is 24.6 Å². The molecule has 0 aliphatic heterocycles. The Hall–Kier alpha value is -2.14. The smallest absolute Gasteiger partial charge is 0.0795 e. The first-order chi connectivity index (χ1) is 9.83. The van der Waals surface area contributed by atoms with Crippen LogP contribution in [0.1, 0.15) is 23.4 Å². The van der Waals surface area contributed by atoms with E-state index in [-0.39, 0.29) is 6.04 Å². The molecule has 2 heterocycles. The Morgan fingerprint density at radius 1 is 1.30 bits per heavy atom. The van der Waals surface area contributed by atoms with E-state index in [9.17, 15) is 0 Å². The number of para-hydroxylation sites is 1. The van der Waals surface area contributed by atoms with Crippen LogP contribution < -0.4 is 5.32 Å². The van der Waals surface area contributed by atoms with Crippen molar-refractivity contribution in [2.45, 2.75) is 19.5 Å². The summed E-state index contributed by atoms with van der Waals surface area (Å²) in [5.41, 5.74) is 4.24. The van der Waals surface area contributed by atoms with E-state index in [0.717, 1.165) is 12.2 Å². The van der Waals surface area contributed by atoms with Crippen molar-refractivity contribution in [2.24, 2.45) is 0 Å².